The summed E-state index contributed by atoms with van der Waals surface area (Å²) in [5, 5.41) is 13.8. The number of nitrogens with zero attached hydrogens (tertiary/aromatic N) is 3. The van der Waals surface area contributed by atoms with Crippen molar-refractivity contribution in [1.29, 1.82) is 0 Å². The number of nitrogen functional groups attached to an aromatic ring is 1. The fourth-order valence-corrected chi connectivity index (χ4v) is 4.16. The third-order valence-corrected chi connectivity index (χ3v) is 5.85. The van der Waals surface area contributed by atoms with Crippen molar-refractivity contribution >= 4 is 23.4 Å². The van der Waals surface area contributed by atoms with E-state index in [-0.39, 0.29) is 18.5 Å². The number of aryl methyl sites for hydroxylation is 1. The number of nitrogens with two attached hydrogens (primary N) is 1. The normalized spacial score (nSPS) is 13.6. The Labute approximate surface area is 181 Å². The van der Waals surface area contributed by atoms with Gasteiger partial charge in [-0.2, -0.15) is 5.10 Å². The van der Waals surface area contributed by atoms with Crippen LogP contribution in [0.2, 0.25) is 0 Å². The molecule has 0 spiro atoms. The lowest BCUT2D eigenvalue weighted by Gasteiger charge is -2.37. The second kappa shape index (κ2) is 8.26. The van der Waals surface area contributed by atoms with Crippen molar-refractivity contribution in [3.8, 4) is 22.4 Å². The minimum Gasteiger partial charge on any atom is -0.480 e. The third-order valence-electron chi connectivity index (χ3n) is 5.85. The van der Waals surface area contributed by atoms with Crippen LogP contribution in [0.25, 0.3) is 22.4 Å². The van der Waals surface area contributed by atoms with E-state index < -0.39 is 5.97 Å². The number of carbonyl (C=O) groups is 2. The summed E-state index contributed by atoms with van der Waals surface area (Å²) in [6.07, 6.45) is 3.19. The monoisotopic (exact) mass is 418 g/mol. The molecule has 2 aromatic carbocycles. The van der Waals surface area contributed by atoms with Crippen molar-refractivity contribution in [1.82, 2.24) is 9.78 Å². The Morgan fingerprint density at radius 3 is 2.42 bits per heavy atom. The predicted octanol–water partition coefficient (Wildman–Crippen LogP) is 4.10. The van der Waals surface area contributed by atoms with Crippen LogP contribution in [-0.4, -0.2) is 32.8 Å². The zero-order chi connectivity index (χ0) is 22.1. The van der Waals surface area contributed by atoms with Gasteiger partial charge in [-0.25, -0.2) is 4.68 Å². The van der Waals surface area contributed by atoms with Gasteiger partial charge in [-0.1, -0.05) is 36.4 Å². The molecule has 0 unspecified atom stereocenters. The lowest BCUT2D eigenvalue weighted by Crippen LogP contribution is -2.43. The molecule has 7 heteroatoms. The number of hydrogen-bond acceptors (Lipinski definition) is 4. The molecule has 1 amide bonds. The molecule has 4 rings (SSSR count). The van der Waals surface area contributed by atoms with E-state index in [1.165, 1.54) is 4.68 Å². The molecule has 1 aliphatic carbocycles. The quantitative estimate of drug-likeness (QED) is 0.628. The molecule has 1 aromatic heterocycles. The topological polar surface area (TPSA) is 101 Å². The molecule has 0 aliphatic heterocycles. The van der Waals surface area contributed by atoms with Gasteiger partial charge in [-0.05, 0) is 49.4 Å². The number of aromatic nitrogens is 2. The van der Waals surface area contributed by atoms with E-state index in [0.717, 1.165) is 41.6 Å². The van der Waals surface area contributed by atoms with Crippen LogP contribution in [0.1, 0.15) is 31.7 Å². The zero-order valence-electron chi connectivity index (χ0n) is 17.7. The van der Waals surface area contributed by atoms with Gasteiger partial charge < -0.3 is 15.7 Å². The van der Waals surface area contributed by atoms with Crippen LogP contribution < -0.4 is 10.6 Å². The summed E-state index contributed by atoms with van der Waals surface area (Å²) in [6.45, 7) is 3.27. The molecule has 1 heterocycles. The van der Waals surface area contributed by atoms with E-state index in [1.54, 1.807) is 6.92 Å². The second-order valence-electron chi connectivity index (χ2n) is 8.00. The van der Waals surface area contributed by atoms with Gasteiger partial charge in [0, 0.05) is 24.2 Å². The van der Waals surface area contributed by atoms with Crippen LogP contribution >= 0.6 is 0 Å². The Hall–Kier alpha value is -3.61. The largest absolute Gasteiger partial charge is 0.480 e. The summed E-state index contributed by atoms with van der Waals surface area (Å²) in [5.74, 6) is -0.667. The summed E-state index contributed by atoms with van der Waals surface area (Å²) >= 11 is 0. The number of hydrogen-bond donors (Lipinski definition) is 2. The van der Waals surface area contributed by atoms with Crippen molar-refractivity contribution in [2.45, 2.75) is 45.7 Å². The van der Waals surface area contributed by atoms with Crippen molar-refractivity contribution in [3.63, 3.8) is 0 Å². The Kier molecular flexibility index (Phi) is 5.50. The van der Waals surface area contributed by atoms with E-state index in [9.17, 15) is 14.7 Å². The minimum atomic E-state index is -1.01. The van der Waals surface area contributed by atoms with E-state index >= 15 is 0 Å². The Morgan fingerprint density at radius 2 is 1.87 bits per heavy atom. The highest BCUT2D eigenvalue weighted by Crippen LogP contribution is 2.39. The van der Waals surface area contributed by atoms with Gasteiger partial charge in [0.15, 0.2) is 0 Å². The second-order valence-corrected chi connectivity index (χ2v) is 8.00. The molecule has 0 radical (unpaired) electrons. The number of aliphatic carboxylic acids is 1. The smallest absolute Gasteiger partial charge is 0.325 e. The van der Waals surface area contributed by atoms with Crippen molar-refractivity contribution in [2.75, 3.05) is 10.6 Å². The summed E-state index contributed by atoms with van der Waals surface area (Å²) in [7, 11) is 0. The van der Waals surface area contributed by atoms with Gasteiger partial charge in [0.25, 0.3) is 0 Å². The first-order valence-corrected chi connectivity index (χ1v) is 10.4. The first-order chi connectivity index (χ1) is 14.9. The maximum Gasteiger partial charge on any atom is 0.325 e. The van der Waals surface area contributed by atoms with Crippen molar-refractivity contribution in [2.24, 2.45) is 0 Å². The maximum absolute atomic E-state index is 12.3. The SMILES string of the molecule is CC(=O)N(c1ccc(-c2c(-c3ccccc3)nn(CC(=O)O)c2N)cc1C)C1CCC1. The molecule has 3 N–H and O–H groups in total. The molecule has 3 aromatic rings. The van der Waals surface area contributed by atoms with Crippen molar-refractivity contribution in [3.05, 3.63) is 54.1 Å². The zero-order valence-corrected chi connectivity index (χ0v) is 17.7. The van der Waals surface area contributed by atoms with E-state index in [4.69, 9.17) is 5.73 Å². The maximum atomic E-state index is 12.3. The van der Waals surface area contributed by atoms with Gasteiger partial charge in [0.2, 0.25) is 5.91 Å². The summed E-state index contributed by atoms with van der Waals surface area (Å²) in [5.41, 5.74) is 11.3. The minimum absolute atomic E-state index is 0.0410. The van der Waals surface area contributed by atoms with Crippen LogP contribution in [-0.2, 0) is 16.1 Å². The lowest BCUT2D eigenvalue weighted by molar-refractivity contribution is -0.137. The number of carboxylic acid groups (broad SMARTS) is 1. The molecule has 31 heavy (non-hydrogen) atoms. The molecule has 0 bridgehead atoms. The van der Waals surface area contributed by atoms with E-state index in [1.807, 2.05) is 60.4 Å². The van der Waals surface area contributed by atoms with Crippen LogP contribution in [0.15, 0.2) is 48.5 Å². The highest BCUT2D eigenvalue weighted by atomic mass is 16.4. The average Bonchev–Trinajstić information content (AvgIpc) is 3.01. The van der Waals surface area contributed by atoms with Crippen LogP contribution in [0.3, 0.4) is 0 Å². The van der Waals surface area contributed by atoms with Gasteiger partial charge in [0.05, 0.1) is 5.56 Å². The van der Waals surface area contributed by atoms with Crippen LogP contribution in [0.5, 0.6) is 0 Å². The summed E-state index contributed by atoms with van der Waals surface area (Å²) < 4.78 is 1.32. The highest BCUT2D eigenvalue weighted by molar-refractivity contribution is 5.95. The molecular weight excluding hydrogens is 392 g/mol. The number of anilines is 2. The number of carbonyl (C=O) groups excluding carboxylic acids is 1. The van der Waals surface area contributed by atoms with Gasteiger partial charge in [-0.3, -0.25) is 9.59 Å². The van der Waals surface area contributed by atoms with Gasteiger partial charge >= 0.3 is 5.97 Å². The summed E-state index contributed by atoms with van der Waals surface area (Å²) in [6, 6.07) is 15.7. The first kappa shape index (κ1) is 20.7. The highest BCUT2D eigenvalue weighted by Gasteiger charge is 2.29. The molecular formula is C24H26N4O3. The molecule has 7 nitrogen and oxygen atoms in total. The molecule has 1 fully saturated rings. The van der Waals surface area contributed by atoms with Crippen LogP contribution in [0, 0.1) is 6.92 Å². The Morgan fingerprint density at radius 1 is 1.16 bits per heavy atom. The fourth-order valence-electron chi connectivity index (χ4n) is 4.16. The van der Waals surface area contributed by atoms with E-state index in [2.05, 4.69) is 5.10 Å². The average molecular weight is 418 g/mol. The molecule has 0 saturated heterocycles. The van der Waals surface area contributed by atoms with Crippen LogP contribution in [0.4, 0.5) is 11.5 Å². The number of benzene rings is 2. The summed E-state index contributed by atoms with van der Waals surface area (Å²) in [4.78, 5) is 25.5. The molecule has 1 saturated carbocycles. The van der Waals surface area contributed by atoms with Gasteiger partial charge in [-0.15, -0.1) is 0 Å². The number of amides is 1. The molecule has 160 valence electrons. The molecule has 0 atom stereocenters. The number of carboxylic acids is 1. The van der Waals surface area contributed by atoms with Crippen molar-refractivity contribution < 1.29 is 14.7 Å². The van der Waals surface area contributed by atoms with Gasteiger partial charge in [0.1, 0.15) is 18.1 Å². The Bertz CT molecular complexity index is 1130. The number of rotatable bonds is 6. The predicted molar refractivity (Wildman–Crippen MR) is 121 cm³/mol. The molecule has 1 aliphatic rings. The third kappa shape index (κ3) is 3.91. The fraction of sp³-hybridized carbons (Fsp3) is 0.292. The Balaban J connectivity index is 1.82. The van der Waals surface area contributed by atoms with E-state index in [0.29, 0.717) is 17.1 Å². The lowest BCUT2D eigenvalue weighted by atomic mass is 9.90. The standard InChI is InChI=1S/C24H26N4O3/c1-15-13-18(11-12-20(15)28(16(2)29)19-9-6-10-19)22-23(17-7-4-3-5-8-17)26-27(24(22)25)14-21(30)31/h3-5,7-8,11-13,19H,6,9-10,14,25H2,1-2H3,(H,30,31). The first-order valence-electron chi connectivity index (χ1n) is 10.4.